The Bertz CT molecular complexity index is 372. The van der Waals surface area contributed by atoms with Crippen LogP contribution in [0, 0.1) is 6.92 Å². The molecule has 1 aromatic carbocycles. The second-order valence-corrected chi connectivity index (χ2v) is 3.48. The van der Waals surface area contributed by atoms with Crippen LogP contribution in [0.5, 0.6) is 0 Å². The van der Waals surface area contributed by atoms with E-state index < -0.39 is 0 Å². The zero-order valence-corrected chi connectivity index (χ0v) is 9.28. The first-order valence-electron chi connectivity index (χ1n) is 4.69. The van der Waals surface area contributed by atoms with Crippen LogP contribution in [-0.4, -0.2) is 37.6 Å². The van der Waals surface area contributed by atoms with Crippen molar-refractivity contribution in [2.45, 2.75) is 6.92 Å². The minimum absolute atomic E-state index is 1.14. The van der Waals surface area contributed by atoms with Crippen LogP contribution in [0.3, 0.4) is 0 Å². The molecular weight excluding hydrogens is 172 g/mol. The molecule has 0 amide bonds. The van der Waals surface area contributed by atoms with E-state index in [-0.39, 0.29) is 0 Å². The molecule has 0 radical (unpaired) electrons. The standard InChI is InChI=1S/C12H17N2/c1-10-7-5-6-8-11(10)12(9-13-2)14(3)4/h5-9H,1-4H3/q+1. The summed E-state index contributed by atoms with van der Waals surface area (Å²) in [4.78, 5) is 4.07. The van der Waals surface area contributed by atoms with Crippen molar-refractivity contribution in [1.82, 2.24) is 0 Å². The average molecular weight is 189 g/mol. The molecule has 0 heterocycles. The van der Waals surface area contributed by atoms with Crippen LogP contribution in [-0.2, 0) is 0 Å². The van der Waals surface area contributed by atoms with Gasteiger partial charge in [0.2, 0.25) is 5.71 Å². The van der Waals surface area contributed by atoms with Gasteiger partial charge in [0.25, 0.3) is 0 Å². The minimum atomic E-state index is 1.14. The summed E-state index contributed by atoms with van der Waals surface area (Å²) in [6, 6.07) is 8.33. The quantitative estimate of drug-likeness (QED) is 0.497. The molecule has 0 aliphatic heterocycles. The zero-order valence-electron chi connectivity index (χ0n) is 9.28. The molecule has 14 heavy (non-hydrogen) atoms. The Morgan fingerprint density at radius 3 is 2.43 bits per heavy atom. The van der Waals surface area contributed by atoms with Crippen LogP contribution >= 0.6 is 0 Å². The molecular formula is C12H17N2+. The maximum absolute atomic E-state index is 4.07. The number of aliphatic imine (C=N–C) groups is 1. The number of hydrogen-bond donors (Lipinski definition) is 0. The predicted molar refractivity (Wildman–Crippen MR) is 61.8 cm³/mol. The average Bonchev–Trinajstić information content (AvgIpc) is 2.15. The molecule has 0 aliphatic rings. The van der Waals surface area contributed by atoms with Crippen molar-refractivity contribution in [3.8, 4) is 0 Å². The Morgan fingerprint density at radius 2 is 1.93 bits per heavy atom. The third-order valence-electron chi connectivity index (χ3n) is 2.15. The van der Waals surface area contributed by atoms with Crippen LogP contribution in [0.15, 0.2) is 29.3 Å². The van der Waals surface area contributed by atoms with Crippen LogP contribution in [0.4, 0.5) is 0 Å². The van der Waals surface area contributed by atoms with Crippen LogP contribution in [0.25, 0.3) is 0 Å². The van der Waals surface area contributed by atoms with E-state index in [1.54, 1.807) is 7.05 Å². The molecule has 1 rings (SSSR count). The van der Waals surface area contributed by atoms with Gasteiger partial charge in [0.1, 0.15) is 14.1 Å². The predicted octanol–water partition coefficient (Wildman–Crippen LogP) is 1.76. The molecule has 0 spiro atoms. The van der Waals surface area contributed by atoms with E-state index in [9.17, 15) is 0 Å². The van der Waals surface area contributed by atoms with Crippen molar-refractivity contribution >= 4 is 11.9 Å². The van der Waals surface area contributed by atoms with Crippen LogP contribution in [0.2, 0.25) is 0 Å². The van der Waals surface area contributed by atoms with Crippen LogP contribution < -0.4 is 0 Å². The van der Waals surface area contributed by atoms with Gasteiger partial charge >= 0.3 is 0 Å². The Balaban J connectivity index is 3.27. The second-order valence-electron chi connectivity index (χ2n) is 3.48. The molecule has 0 atom stereocenters. The fraction of sp³-hybridized carbons (Fsp3) is 0.333. The maximum Gasteiger partial charge on any atom is 0.224 e. The molecule has 74 valence electrons. The Labute approximate surface area is 85.6 Å². The highest BCUT2D eigenvalue weighted by Crippen LogP contribution is 2.07. The summed E-state index contributed by atoms with van der Waals surface area (Å²) < 4.78 is 2.08. The SMILES string of the molecule is CN=CC(c1ccccc1C)=[N+](C)C. The molecule has 0 aromatic heterocycles. The summed E-state index contributed by atoms with van der Waals surface area (Å²) in [5.74, 6) is 0. The van der Waals surface area contributed by atoms with Crippen LogP contribution in [0.1, 0.15) is 11.1 Å². The van der Waals surface area contributed by atoms with E-state index in [0.717, 1.165) is 5.71 Å². The summed E-state index contributed by atoms with van der Waals surface area (Å²) in [5, 5.41) is 0. The van der Waals surface area contributed by atoms with Gasteiger partial charge in [0.05, 0.1) is 11.8 Å². The smallest absolute Gasteiger partial charge is 0.224 e. The monoisotopic (exact) mass is 189 g/mol. The summed E-state index contributed by atoms with van der Waals surface area (Å²) in [5.41, 5.74) is 3.66. The van der Waals surface area contributed by atoms with E-state index in [1.807, 2.05) is 20.3 Å². The highest BCUT2D eigenvalue weighted by atomic mass is 14.9. The highest BCUT2D eigenvalue weighted by Gasteiger charge is 2.10. The largest absolute Gasteiger partial charge is 0.290 e. The fourth-order valence-electron chi connectivity index (χ4n) is 1.41. The molecule has 1 aromatic rings. The van der Waals surface area contributed by atoms with E-state index in [4.69, 9.17) is 0 Å². The lowest BCUT2D eigenvalue weighted by molar-refractivity contribution is -0.461. The normalized spacial score (nSPS) is 10.6. The molecule has 2 heteroatoms. The number of aryl methyl sites for hydroxylation is 1. The molecule has 0 fully saturated rings. The van der Waals surface area contributed by atoms with E-state index in [0.29, 0.717) is 0 Å². The van der Waals surface area contributed by atoms with Gasteiger partial charge in [-0.25, -0.2) is 4.58 Å². The molecule has 0 bridgehead atoms. The highest BCUT2D eigenvalue weighted by molar-refractivity contribution is 6.36. The molecule has 0 aliphatic carbocycles. The second kappa shape index (κ2) is 4.70. The topological polar surface area (TPSA) is 15.4 Å². The minimum Gasteiger partial charge on any atom is -0.290 e. The van der Waals surface area contributed by atoms with Crippen molar-refractivity contribution in [2.75, 3.05) is 21.1 Å². The lowest BCUT2D eigenvalue weighted by Gasteiger charge is -2.02. The van der Waals surface area contributed by atoms with E-state index in [1.165, 1.54) is 11.1 Å². The lowest BCUT2D eigenvalue weighted by atomic mass is 10.0. The van der Waals surface area contributed by atoms with Gasteiger partial charge in [-0.2, -0.15) is 0 Å². The number of rotatable bonds is 2. The first kappa shape index (κ1) is 10.6. The Morgan fingerprint density at radius 1 is 1.29 bits per heavy atom. The Kier molecular flexibility index (Phi) is 3.57. The number of nitrogens with zero attached hydrogens (tertiary/aromatic N) is 2. The number of hydrogen-bond acceptors (Lipinski definition) is 1. The molecule has 0 saturated heterocycles. The molecule has 0 unspecified atom stereocenters. The van der Waals surface area contributed by atoms with Gasteiger partial charge in [-0.1, -0.05) is 18.2 Å². The van der Waals surface area contributed by atoms with Crippen molar-refractivity contribution < 1.29 is 4.58 Å². The van der Waals surface area contributed by atoms with Gasteiger partial charge in [-0.3, -0.25) is 4.99 Å². The summed E-state index contributed by atoms with van der Waals surface area (Å²) in [7, 11) is 5.86. The lowest BCUT2D eigenvalue weighted by Crippen LogP contribution is -2.17. The van der Waals surface area contributed by atoms with Crippen molar-refractivity contribution in [2.24, 2.45) is 4.99 Å². The van der Waals surface area contributed by atoms with Gasteiger partial charge < -0.3 is 0 Å². The fourth-order valence-corrected chi connectivity index (χ4v) is 1.41. The Hall–Kier alpha value is -1.44. The summed E-state index contributed by atoms with van der Waals surface area (Å²) in [6.45, 7) is 2.11. The first-order chi connectivity index (χ1) is 6.66. The van der Waals surface area contributed by atoms with Gasteiger partial charge in [-0.15, -0.1) is 0 Å². The summed E-state index contributed by atoms with van der Waals surface area (Å²) in [6.07, 6.45) is 1.89. The third-order valence-corrected chi connectivity index (χ3v) is 2.15. The molecule has 2 nitrogen and oxygen atoms in total. The van der Waals surface area contributed by atoms with E-state index >= 15 is 0 Å². The van der Waals surface area contributed by atoms with Crippen molar-refractivity contribution in [3.63, 3.8) is 0 Å². The van der Waals surface area contributed by atoms with Gasteiger partial charge in [-0.05, 0) is 18.6 Å². The van der Waals surface area contributed by atoms with Crippen molar-refractivity contribution in [3.05, 3.63) is 35.4 Å². The summed E-state index contributed by atoms with van der Waals surface area (Å²) >= 11 is 0. The van der Waals surface area contributed by atoms with E-state index in [2.05, 4.69) is 40.8 Å². The first-order valence-corrected chi connectivity index (χ1v) is 4.69. The van der Waals surface area contributed by atoms with Gasteiger partial charge in [0, 0.05) is 7.05 Å². The maximum atomic E-state index is 4.07. The van der Waals surface area contributed by atoms with Crippen molar-refractivity contribution in [1.29, 1.82) is 0 Å². The third kappa shape index (κ3) is 2.28. The molecule has 0 saturated carbocycles. The zero-order chi connectivity index (χ0) is 10.6. The van der Waals surface area contributed by atoms with Gasteiger partial charge in [0.15, 0.2) is 0 Å². The number of benzene rings is 1. The molecule has 0 N–H and O–H groups in total.